The van der Waals surface area contributed by atoms with E-state index in [1.807, 2.05) is 0 Å². The van der Waals surface area contributed by atoms with Gasteiger partial charge in [-0.3, -0.25) is 4.79 Å². The van der Waals surface area contributed by atoms with Crippen molar-refractivity contribution in [1.29, 1.82) is 0 Å². The van der Waals surface area contributed by atoms with Crippen molar-refractivity contribution in [3.05, 3.63) is 41.2 Å². The van der Waals surface area contributed by atoms with Crippen LogP contribution in [0.4, 0.5) is 0 Å². The van der Waals surface area contributed by atoms with Gasteiger partial charge in [0.1, 0.15) is 17.1 Å². The average molecular weight is 248 g/mol. The van der Waals surface area contributed by atoms with Crippen LogP contribution in [0.3, 0.4) is 0 Å². The molecule has 5 heteroatoms. The number of hydrogen-bond donors (Lipinski definition) is 0. The molecule has 0 aliphatic carbocycles. The van der Waals surface area contributed by atoms with Crippen molar-refractivity contribution in [2.45, 2.75) is 13.8 Å². The van der Waals surface area contributed by atoms with Crippen LogP contribution >= 0.6 is 0 Å². The number of allylic oxidation sites excluding steroid dienone is 2. The van der Waals surface area contributed by atoms with Gasteiger partial charge in [-0.15, -0.1) is 0 Å². The molecule has 2 rings (SSSR count). The van der Waals surface area contributed by atoms with Gasteiger partial charge in [0.25, 0.3) is 0 Å². The quantitative estimate of drug-likeness (QED) is 0.465. The number of rotatable bonds is 3. The van der Waals surface area contributed by atoms with Crippen molar-refractivity contribution in [3.8, 4) is 0 Å². The fraction of sp³-hybridized carbons (Fsp3) is 0.231. The van der Waals surface area contributed by atoms with Gasteiger partial charge in [-0.25, -0.2) is 4.79 Å². The van der Waals surface area contributed by atoms with Crippen LogP contribution in [0.1, 0.15) is 19.6 Å². The lowest BCUT2D eigenvalue weighted by molar-refractivity contribution is -0.139. The van der Waals surface area contributed by atoms with Gasteiger partial charge in [0.2, 0.25) is 5.78 Å². The minimum Gasteiger partial charge on any atom is -0.465 e. The van der Waals surface area contributed by atoms with Crippen LogP contribution in [0.2, 0.25) is 0 Å². The van der Waals surface area contributed by atoms with Crippen LogP contribution < -0.4 is 0 Å². The summed E-state index contributed by atoms with van der Waals surface area (Å²) in [6.45, 7) is 3.43. The minimum atomic E-state index is -0.664. The third kappa shape index (κ3) is 2.20. The number of ether oxygens (including phenoxy) is 2. The maximum atomic E-state index is 12.0. The van der Waals surface area contributed by atoms with Crippen molar-refractivity contribution in [3.63, 3.8) is 0 Å². The van der Waals surface area contributed by atoms with E-state index in [-0.39, 0.29) is 23.7 Å². The smallest absolute Gasteiger partial charge is 0.345 e. The molecule has 0 bridgehead atoms. The van der Waals surface area contributed by atoms with E-state index >= 15 is 0 Å². The number of carbonyl (C=O) groups is 2. The van der Waals surface area contributed by atoms with Gasteiger partial charge in [0.15, 0.2) is 5.76 Å². The third-order valence-electron chi connectivity index (χ3n) is 2.36. The highest BCUT2D eigenvalue weighted by Gasteiger charge is 2.34. The van der Waals surface area contributed by atoms with Gasteiger partial charge in [0, 0.05) is 6.08 Å². The standard InChI is InChI=1S/C13H12O5/c1-3-16-13(15)11-8(2)18-10(12(11)14)7-9-5-4-6-17-9/h4-7H,3H2,1-2H3. The second-order valence-corrected chi connectivity index (χ2v) is 3.61. The third-order valence-corrected chi connectivity index (χ3v) is 2.36. The molecule has 1 aromatic rings. The SMILES string of the molecule is CCOC(=O)C1=C(C)OC(=Cc2ccco2)C1=O. The molecule has 0 saturated carbocycles. The summed E-state index contributed by atoms with van der Waals surface area (Å²) >= 11 is 0. The zero-order valence-electron chi connectivity index (χ0n) is 10.1. The van der Waals surface area contributed by atoms with Crippen LogP contribution in [0.25, 0.3) is 6.08 Å². The molecule has 0 saturated heterocycles. The molecular weight excluding hydrogens is 236 g/mol. The van der Waals surface area contributed by atoms with Crippen LogP contribution in [0, 0.1) is 0 Å². The summed E-state index contributed by atoms with van der Waals surface area (Å²) in [5.74, 6) is -0.358. The second-order valence-electron chi connectivity index (χ2n) is 3.61. The maximum absolute atomic E-state index is 12.0. The lowest BCUT2D eigenvalue weighted by Crippen LogP contribution is -2.14. The van der Waals surface area contributed by atoms with Gasteiger partial charge in [-0.05, 0) is 26.0 Å². The van der Waals surface area contributed by atoms with Gasteiger partial charge >= 0.3 is 5.97 Å². The molecule has 94 valence electrons. The number of esters is 1. The fourth-order valence-electron chi connectivity index (χ4n) is 1.58. The second kappa shape index (κ2) is 4.91. The van der Waals surface area contributed by atoms with Crippen LogP contribution in [0.5, 0.6) is 0 Å². The summed E-state index contributed by atoms with van der Waals surface area (Å²) in [7, 11) is 0. The Balaban J connectivity index is 2.24. The van der Waals surface area contributed by atoms with E-state index < -0.39 is 11.8 Å². The molecule has 0 atom stereocenters. The van der Waals surface area contributed by atoms with E-state index in [0.29, 0.717) is 5.76 Å². The van der Waals surface area contributed by atoms with Gasteiger partial charge < -0.3 is 13.9 Å². The highest BCUT2D eigenvalue weighted by atomic mass is 16.5. The topological polar surface area (TPSA) is 65.7 Å². The molecule has 0 fully saturated rings. The molecule has 0 spiro atoms. The van der Waals surface area contributed by atoms with E-state index in [0.717, 1.165) is 0 Å². The Hall–Kier alpha value is -2.30. The Morgan fingerprint density at radius 1 is 1.50 bits per heavy atom. The predicted octanol–water partition coefficient (Wildman–Crippen LogP) is 2.06. The molecular formula is C13H12O5. The molecule has 18 heavy (non-hydrogen) atoms. The molecule has 1 aliphatic heterocycles. The minimum absolute atomic E-state index is 0.0605. The fourth-order valence-corrected chi connectivity index (χ4v) is 1.58. The molecule has 0 N–H and O–H groups in total. The number of furan rings is 1. The lowest BCUT2D eigenvalue weighted by atomic mass is 10.1. The van der Waals surface area contributed by atoms with Crippen molar-refractivity contribution in [1.82, 2.24) is 0 Å². The van der Waals surface area contributed by atoms with Crippen LogP contribution in [-0.2, 0) is 19.1 Å². The van der Waals surface area contributed by atoms with Crippen molar-refractivity contribution < 1.29 is 23.5 Å². The molecule has 0 unspecified atom stereocenters. The first kappa shape index (κ1) is 12.2. The highest BCUT2D eigenvalue weighted by molar-refractivity contribution is 6.26. The Kier molecular flexibility index (Phi) is 3.32. The monoisotopic (exact) mass is 248 g/mol. The molecule has 0 aromatic carbocycles. The zero-order valence-corrected chi connectivity index (χ0v) is 10.1. The number of ketones is 1. The van der Waals surface area contributed by atoms with Crippen molar-refractivity contribution >= 4 is 17.8 Å². The van der Waals surface area contributed by atoms with Gasteiger partial charge in [-0.2, -0.15) is 0 Å². The van der Waals surface area contributed by atoms with Crippen molar-refractivity contribution in [2.24, 2.45) is 0 Å². The summed E-state index contributed by atoms with van der Waals surface area (Å²) in [4.78, 5) is 23.5. The lowest BCUT2D eigenvalue weighted by Gasteiger charge is -1.99. The Labute approximate surface area is 104 Å². The summed E-state index contributed by atoms with van der Waals surface area (Å²) in [5, 5.41) is 0. The first-order valence-electron chi connectivity index (χ1n) is 5.49. The Morgan fingerprint density at radius 2 is 2.28 bits per heavy atom. The normalized spacial score (nSPS) is 17.2. The van der Waals surface area contributed by atoms with Crippen molar-refractivity contribution in [2.75, 3.05) is 6.61 Å². The van der Waals surface area contributed by atoms with E-state index in [4.69, 9.17) is 13.9 Å². The molecule has 2 heterocycles. The van der Waals surface area contributed by atoms with Crippen LogP contribution in [-0.4, -0.2) is 18.4 Å². The molecule has 5 nitrogen and oxygen atoms in total. The Morgan fingerprint density at radius 3 is 2.89 bits per heavy atom. The predicted molar refractivity (Wildman–Crippen MR) is 62.1 cm³/mol. The van der Waals surface area contributed by atoms with E-state index in [2.05, 4.69) is 0 Å². The first-order valence-corrected chi connectivity index (χ1v) is 5.49. The first-order chi connectivity index (χ1) is 8.63. The summed E-state index contributed by atoms with van der Waals surface area (Å²) in [6.07, 6.45) is 2.93. The number of carbonyl (C=O) groups excluding carboxylic acids is 2. The van der Waals surface area contributed by atoms with Crippen LogP contribution in [0.15, 0.2) is 39.9 Å². The molecule has 1 aromatic heterocycles. The highest BCUT2D eigenvalue weighted by Crippen LogP contribution is 2.27. The molecule has 0 amide bonds. The Bertz CT molecular complexity index is 534. The van der Waals surface area contributed by atoms with E-state index in [1.54, 1.807) is 26.0 Å². The number of hydrogen-bond acceptors (Lipinski definition) is 5. The largest absolute Gasteiger partial charge is 0.465 e. The van der Waals surface area contributed by atoms with E-state index in [1.165, 1.54) is 12.3 Å². The number of Topliss-reactive ketones (excluding diaryl/α,β-unsaturated/α-hetero) is 1. The molecule has 1 aliphatic rings. The zero-order chi connectivity index (χ0) is 13.1. The summed E-state index contributed by atoms with van der Waals surface area (Å²) in [5.41, 5.74) is -0.0605. The maximum Gasteiger partial charge on any atom is 0.345 e. The van der Waals surface area contributed by atoms with Gasteiger partial charge in [-0.1, -0.05) is 0 Å². The average Bonchev–Trinajstić information content (AvgIpc) is 2.89. The van der Waals surface area contributed by atoms with Gasteiger partial charge in [0.05, 0.1) is 12.9 Å². The van der Waals surface area contributed by atoms with E-state index in [9.17, 15) is 9.59 Å². The molecule has 0 radical (unpaired) electrons. The summed E-state index contributed by atoms with van der Waals surface area (Å²) < 4.78 is 15.1. The summed E-state index contributed by atoms with van der Waals surface area (Å²) in [6, 6.07) is 3.37.